The normalized spacial score (nSPS) is 14.4. The van der Waals surface area contributed by atoms with Crippen molar-refractivity contribution >= 4 is 49.8 Å². The lowest BCUT2D eigenvalue weighted by Gasteiger charge is -2.28. The Balaban J connectivity index is 1.03. The highest BCUT2D eigenvalue weighted by molar-refractivity contribution is 6.18. The van der Waals surface area contributed by atoms with Crippen molar-refractivity contribution in [2.24, 2.45) is 0 Å². The number of benzene rings is 9. The smallest absolute Gasteiger partial charge is 0.143 e. The zero-order valence-electron chi connectivity index (χ0n) is 37.7. The predicted octanol–water partition coefficient (Wildman–Crippen LogP) is 17.5. The number of anilines is 3. The van der Waals surface area contributed by atoms with Crippen LogP contribution in [0.25, 0.3) is 77.2 Å². The summed E-state index contributed by atoms with van der Waals surface area (Å²) in [6, 6.07) is 67.8. The molecule has 2 heteroatoms. The van der Waals surface area contributed by atoms with E-state index in [1.165, 1.54) is 60.8 Å². The molecule has 0 radical (unpaired) electrons. The van der Waals surface area contributed by atoms with Gasteiger partial charge in [-0.05, 0) is 144 Å². The maximum Gasteiger partial charge on any atom is 0.143 e. The van der Waals surface area contributed by atoms with Crippen LogP contribution in [-0.4, -0.2) is 0 Å². The quantitative estimate of drug-likeness (QED) is 0.172. The summed E-state index contributed by atoms with van der Waals surface area (Å²) in [4.78, 5) is 2.42. The lowest BCUT2D eigenvalue weighted by Crippen LogP contribution is -2.15. The van der Waals surface area contributed by atoms with Gasteiger partial charge in [-0.2, -0.15) is 0 Å². The Labute approximate surface area is 376 Å². The third-order valence-corrected chi connectivity index (χ3v) is 14.6. The monoisotopic (exact) mass is 825 g/mol. The highest BCUT2D eigenvalue weighted by Gasteiger charge is 2.37. The standard InChI is InChI=1S/C62H51NO/c1-60(2,3)42-24-28-44(29-25-42)63(45-30-33-55-50(35-45)48-16-10-12-18-53(48)61(55,4)5)43-26-22-39(23-27-43)46-31-32-47(41-21-20-38-14-8-9-15-40(38)34-41)59-58(46)52-36-51-49-17-11-13-19-54(49)62(6,7)56(51)37-57(52)64-59/h8-37H,1-7H3. The van der Waals surface area contributed by atoms with Crippen LogP contribution in [0.3, 0.4) is 0 Å². The maximum atomic E-state index is 7.11. The molecule has 2 aliphatic carbocycles. The summed E-state index contributed by atoms with van der Waals surface area (Å²) in [6.45, 7) is 16.2. The van der Waals surface area contributed by atoms with Crippen LogP contribution in [0, 0.1) is 0 Å². The Kier molecular flexibility index (Phi) is 8.23. The van der Waals surface area contributed by atoms with Crippen molar-refractivity contribution in [2.75, 3.05) is 4.90 Å². The van der Waals surface area contributed by atoms with E-state index >= 15 is 0 Å². The van der Waals surface area contributed by atoms with E-state index in [0.29, 0.717) is 0 Å². The van der Waals surface area contributed by atoms with Crippen LogP contribution in [-0.2, 0) is 16.2 Å². The third kappa shape index (κ3) is 5.71. The molecule has 0 bridgehead atoms. The highest BCUT2D eigenvalue weighted by atomic mass is 16.3. The maximum absolute atomic E-state index is 7.11. The molecule has 0 aliphatic heterocycles. The predicted molar refractivity (Wildman–Crippen MR) is 271 cm³/mol. The SMILES string of the molecule is CC(C)(C)c1ccc(N(c2ccc(-c3ccc(-c4ccc5ccccc5c4)c4oc5cc6c(cc5c34)-c3ccccc3C6(C)C)cc2)c2ccc3c(c2)-c2ccccc2C3(C)C)cc1. The van der Waals surface area contributed by atoms with Gasteiger partial charge in [-0.15, -0.1) is 0 Å². The van der Waals surface area contributed by atoms with E-state index in [9.17, 15) is 0 Å². The van der Waals surface area contributed by atoms with Crippen LogP contribution in [0.15, 0.2) is 186 Å². The van der Waals surface area contributed by atoms with Gasteiger partial charge in [0.25, 0.3) is 0 Å². The van der Waals surface area contributed by atoms with E-state index in [0.717, 1.165) is 61.3 Å². The van der Waals surface area contributed by atoms with Crippen LogP contribution in [0.1, 0.15) is 76.3 Å². The summed E-state index contributed by atoms with van der Waals surface area (Å²) >= 11 is 0. The van der Waals surface area contributed by atoms with Crippen molar-refractivity contribution in [1.82, 2.24) is 0 Å². The summed E-state index contributed by atoms with van der Waals surface area (Å²) < 4.78 is 7.11. The van der Waals surface area contributed by atoms with Crippen molar-refractivity contribution in [1.29, 1.82) is 0 Å². The molecule has 2 nitrogen and oxygen atoms in total. The first-order valence-corrected chi connectivity index (χ1v) is 22.7. The fourth-order valence-corrected chi connectivity index (χ4v) is 11.1. The number of hydrogen-bond acceptors (Lipinski definition) is 2. The average Bonchev–Trinajstić information content (AvgIpc) is 3.87. The third-order valence-electron chi connectivity index (χ3n) is 14.6. The summed E-state index contributed by atoms with van der Waals surface area (Å²) in [6.07, 6.45) is 0. The average molecular weight is 826 g/mol. The fourth-order valence-electron chi connectivity index (χ4n) is 11.1. The largest absolute Gasteiger partial charge is 0.455 e. The van der Waals surface area contributed by atoms with Gasteiger partial charge in [0.1, 0.15) is 11.2 Å². The molecule has 0 saturated heterocycles. The topological polar surface area (TPSA) is 16.4 Å². The summed E-state index contributed by atoms with van der Waals surface area (Å²) in [5.74, 6) is 0. The molecule has 0 unspecified atom stereocenters. The van der Waals surface area contributed by atoms with Gasteiger partial charge < -0.3 is 9.32 Å². The Morgan fingerprint density at radius 1 is 0.406 bits per heavy atom. The minimum Gasteiger partial charge on any atom is -0.455 e. The zero-order valence-corrected chi connectivity index (χ0v) is 37.7. The zero-order chi connectivity index (χ0) is 43.7. The van der Waals surface area contributed by atoms with Crippen molar-refractivity contribution in [3.8, 4) is 44.5 Å². The highest BCUT2D eigenvalue weighted by Crippen LogP contribution is 2.53. The van der Waals surface area contributed by atoms with Crippen LogP contribution < -0.4 is 4.90 Å². The van der Waals surface area contributed by atoms with E-state index in [-0.39, 0.29) is 16.2 Å². The Hall–Kier alpha value is -7.16. The Morgan fingerprint density at radius 3 is 1.64 bits per heavy atom. The van der Waals surface area contributed by atoms with Gasteiger partial charge in [-0.3, -0.25) is 0 Å². The number of hydrogen-bond donors (Lipinski definition) is 0. The molecular formula is C62H51NO. The number of furan rings is 1. The van der Waals surface area contributed by atoms with Crippen molar-refractivity contribution < 1.29 is 4.42 Å². The summed E-state index contributed by atoms with van der Waals surface area (Å²) in [7, 11) is 0. The van der Waals surface area contributed by atoms with Crippen LogP contribution in [0.4, 0.5) is 17.1 Å². The van der Waals surface area contributed by atoms with E-state index in [1.54, 1.807) is 0 Å². The van der Waals surface area contributed by atoms with Gasteiger partial charge in [-0.25, -0.2) is 0 Å². The molecule has 64 heavy (non-hydrogen) atoms. The van der Waals surface area contributed by atoms with Crippen LogP contribution in [0.5, 0.6) is 0 Å². The first-order valence-electron chi connectivity index (χ1n) is 22.7. The number of fused-ring (bicyclic) bond motifs is 10. The van der Waals surface area contributed by atoms with E-state index < -0.39 is 0 Å². The molecule has 1 heterocycles. The van der Waals surface area contributed by atoms with Gasteiger partial charge in [-0.1, -0.05) is 170 Å². The van der Waals surface area contributed by atoms with Crippen LogP contribution in [0.2, 0.25) is 0 Å². The second kappa shape index (κ2) is 13.7. The molecule has 0 saturated carbocycles. The molecule has 0 N–H and O–H groups in total. The second-order valence-electron chi connectivity index (χ2n) is 20.2. The lowest BCUT2D eigenvalue weighted by molar-refractivity contribution is 0.590. The van der Waals surface area contributed by atoms with Gasteiger partial charge in [0, 0.05) is 44.2 Å². The molecule has 310 valence electrons. The molecule has 0 amide bonds. The lowest BCUT2D eigenvalue weighted by atomic mass is 9.82. The van der Waals surface area contributed by atoms with Gasteiger partial charge in [0.05, 0.1) is 0 Å². The second-order valence-corrected chi connectivity index (χ2v) is 20.2. The molecule has 0 spiro atoms. The molecule has 1 aromatic heterocycles. The summed E-state index contributed by atoms with van der Waals surface area (Å²) in [5, 5.41) is 4.74. The van der Waals surface area contributed by atoms with E-state index in [4.69, 9.17) is 4.42 Å². The fraction of sp³-hybridized carbons (Fsp3) is 0.161. The molecule has 12 rings (SSSR count). The molecular weight excluding hydrogens is 775 g/mol. The first-order chi connectivity index (χ1) is 30.9. The van der Waals surface area contributed by atoms with Crippen molar-refractivity contribution in [3.63, 3.8) is 0 Å². The Bertz CT molecular complexity index is 3520. The molecule has 10 aromatic rings. The van der Waals surface area contributed by atoms with Crippen molar-refractivity contribution in [2.45, 2.75) is 64.7 Å². The van der Waals surface area contributed by atoms with Gasteiger partial charge >= 0.3 is 0 Å². The molecule has 0 fully saturated rings. The Morgan fingerprint density at radius 2 is 0.953 bits per heavy atom. The first kappa shape index (κ1) is 38.5. The minimum atomic E-state index is -0.129. The molecule has 2 aliphatic rings. The van der Waals surface area contributed by atoms with Gasteiger partial charge in [0.2, 0.25) is 0 Å². The summed E-state index contributed by atoms with van der Waals surface area (Å²) in [5.41, 5.74) is 21.6. The molecule has 9 aromatic carbocycles. The molecule has 0 atom stereocenters. The number of rotatable bonds is 5. The van der Waals surface area contributed by atoms with E-state index in [2.05, 4.69) is 235 Å². The van der Waals surface area contributed by atoms with Crippen LogP contribution >= 0.6 is 0 Å². The van der Waals surface area contributed by atoms with Gasteiger partial charge in [0.15, 0.2) is 0 Å². The van der Waals surface area contributed by atoms with Crippen molar-refractivity contribution in [3.05, 3.63) is 210 Å². The number of nitrogens with zero attached hydrogens (tertiary/aromatic N) is 1. The van der Waals surface area contributed by atoms with E-state index in [1.807, 2.05) is 0 Å². The minimum absolute atomic E-state index is 0.0555.